The van der Waals surface area contributed by atoms with Gasteiger partial charge in [-0.15, -0.1) is 0 Å². The lowest BCUT2D eigenvalue weighted by molar-refractivity contribution is 0.440. The normalized spacial score (nSPS) is 30.5. The third-order valence-corrected chi connectivity index (χ3v) is 4.62. The highest BCUT2D eigenvalue weighted by Crippen LogP contribution is 2.34. The van der Waals surface area contributed by atoms with Gasteiger partial charge in [0.15, 0.2) is 0 Å². The van der Waals surface area contributed by atoms with Gasteiger partial charge in [-0.25, -0.2) is 9.97 Å². The van der Waals surface area contributed by atoms with Crippen LogP contribution in [-0.4, -0.2) is 29.1 Å². The first-order chi connectivity index (χ1) is 9.19. The zero-order valence-corrected chi connectivity index (χ0v) is 12.0. The van der Waals surface area contributed by atoms with Crippen LogP contribution in [0.5, 0.6) is 0 Å². The van der Waals surface area contributed by atoms with E-state index in [4.69, 9.17) is 10.7 Å². The highest BCUT2D eigenvalue weighted by atomic mass is 15.3. The second-order valence-electron chi connectivity index (χ2n) is 6.24. The Balaban J connectivity index is 1.90. The Morgan fingerprint density at radius 1 is 1.42 bits per heavy atom. The molecule has 0 spiro atoms. The number of hydrogen-bond donors (Lipinski definition) is 1. The van der Waals surface area contributed by atoms with E-state index in [1.165, 1.54) is 30.5 Å². The Morgan fingerprint density at radius 3 is 3.05 bits per heavy atom. The molecule has 3 rings (SSSR count). The second kappa shape index (κ2) is 5.08. The third kappa shape index (κ3) is 2.34. The van der Waals surface area contributed by atoms with Gasteiger partial charge in [0.2, 0.25) is 5.95 Å². The molecule has 1 aromatic rings. The van der Waals surface area contributed by atoms with Crippen LogP contribution in [-0.2, 0) is 6.42 Å². The molecule has 0 bridgehead atoms. The third-order valence-electron chi connectivity index (χ3n) is 4.62. The molecule has 1 saturated heterocycles. The molecule has 1 aromatic heterocycles. The molecule has 3 atom stereocenters. The molecular weight excluding hydrogens is 236 g/mol. The van der Waals surface area contributed by atoms with Gasteiger partial charge in [-0.3, -0.25) is 0 Å². The zero-order valence-electron chi connectivity index (χ0n) is 12.0. The minimum Gasteiger partial charge on any atom is -0.337 e. The van der Waals surface area contributed by atoms with Crippen molar-refractivity contribution >= 4 is 5.95 Å². The maximum Gasteiger partial charge on any atom is 0.225 e. The lowest BCUT2D eigenvalue weighted by atomic mass is 9.82. The van der Waals surface area contributed by atoms with Crippen LogP contribution in [0.2, 0.25) is 0 Å². The van der Waals surface area contributed by atoms with E-state index >= 15 is 0 Å². The van der Waals surface area contributed by atoms with Crippen LogP contribution < -0.4 is 10.6 Å². The van der Waals surface area contributed by atoms with E-state index in [-0.39, 0.29) is 0 Å². The maximum atomic E-state index is 5.85. The molecule has 0 saturated carbocycles. The van der Waals surface area contributed by atoms with Crippen molar-refractivity contribution in [3.63, 3.8) is 0 Å². The van der Waals surface area contributed by atoms with Gasteiger partial charge in [-0.2, -0.15) is 0 Å². The van der Waals surface area contributed by atoms with Gasteiger partial charge in [0, 0.05) is 31.0 Å². The summed E-state index contributed by atoms with van der Waals surface area (Å²) in [5.74, 6) is 2.22. The number of nitrogens with two attached hydrogens (primary N) is 1. The van der Waals surface area contributed by atoms with Crippen LogP contribution in [0.1, 0.15) is 50.3 Å². The summed E-state index contributed by atoms with van der Waals surface area (Å²) in [6.07, 6.45) is 6.78. The van der Waals surface area contributed by atoms with Crippen molar-refractivity contribution < 1.29 is 0 Å². The van der Waals surface area contributed by atoms with E-state index < -0.39 is 0 Å². The van der Waals surface area contributed by atoms with Crippen LogP contribution in [0.25, 0.3) is 0 Å². The predicted molar refractivity (Wildman–Crippen MR) is 77.4 cm³/mol. The van der Waals surface area contributed by atoms with Crippen LogP contribution in [0.3, 0.4) is 0 Å². The van der Waals surface area contributed by atoms with Crippen LogP contribution >= 0.6 is 0 Å². The van der Waals surface area contributed by atoms with Gasteiger partial charge in [0.1, 0.15) is 0 Å². The van der Waals surface area contributed by atoms with E-state index in [9.17, 15) is 0 Å². The van der Waals surface area contributed by atoms with Crippen LogP contribution in [0.15, 0.2) is 6.20 Å². The summed E-state index contributed by atoms with van der Waals surface area (Å²) < 4.78 is 0. The Bertz CT molecular complexity index is 459. The number of hydrogen-bond acceptors (Lipinski definition) is 4. The topological polar surface area (TPSA) is 55.0 Å². The first kappa shape index (κ1) is 12.9. The average molecular weight is 260 g/mol. The zero-order chi connectivity index (χ0) is 13.4. The van der Waals surface area contributed by atoms with Gasteiger partial charge in [0.25, 0.3) is 0 Å². The van der Waals surface area contributed by atoms with Crippen molar-refractivity contribution in [2.45, 2.75) is 51.5 Å². The molecule has 1 aliphatic carbocycles. The fourth-order valence-corrected chi connectivity index (χ4v) is 3.62. The van der Waals surface area contributed by atoms with Gasteiger partial charge < -0.3 is 10.6 Å². The molecule has 4 nitrogen and oxygen atoms in total. The van der Waals surface area contributed by atoms with E-state index in [2.05, 4.69) is 29.9 Å². The average Bonchev–Trinajstić information content (AvgIpc) is 2.86. The fourth-order valence-electron chi connectivity index (χ4n) is 3.62. The molecule has 0 aromatic carbocycles. The van der Waals surface area contributed by atoms with Crippen LogP contribution in [0, 0.1) is 5.92 Å². The quantitative estimate of drug-likeness (QED) is 0.884. The minimum absolute atomic E-state index is 0.427. The fraction of sp³-hybridized carbons (Fsp3) is 0.733. The van der Waals surface area contributed by atoms with Crippen molar-refractivity contribution in [3.05, 3.63) is 17.5 Å². The van der Waals surface area contributed by atoms with Gasteiger partial charge in [0.05, 0.1) is 0 Å². The molecular formula is C15H24N4. The molecule has 19 heavy (non-hydrogen) atoms. The summed E-state index contributed by atoms with van der Waals surface area (Å²) >= 11 is 0. The summed E-state index contributed by atoms with van der Waals surface area (Å²) in [6, 6.07) is 0.427. The molecule has 104 valence electrons. The van der Waals surface area contributed by atoms with Gasteiger partial charge in [-0.1, -0.05) is 13.8 Å². The van der Waals surface area contributed by atoms with E-state index in [0.717, 1.165) is 24.8 Å². The predicted octanol–water partition coefficient (Wildman–Crippen LogP) is 2.09. The molecule has 1 fully saturated rings. The van der Waals surface area contributed by atoms with E-state index in [1.54, 1.807) is 0 Å². The molecule has 2 heterocycles. The maximum absolute atomic E-state index is 5.85. The molecule has 1 aliphatic heterocycles. The molecule has 2 N–H and O–H groups in total. The summed E-state index contributed by atoms with van der Waals surface area (Å²) in [6.45, 7) is 6.36. The monoisotopic (exact) mass is 260 g/mol. The largest absolute Gasteiger partial charge is 0.337 e. The molecule has 2 aliphatic rings. The SMILES string of the molecule is CC1Cc2nc(N3CCCC3CN)ncc2C(C)C1. The Morgan fingerprint density at radius 2 is 2.26 bits per heavy atom. The van der Waals surface area contributed by atoms with Gasteiger partial charge >= 0.3 is 0 Å². The molecule has 4 heteroatoms. The molecule has 3 unspecified atom stereocenters. The van der Waals surface area contributed by atoms with Crippen molar-refractivity contribution in [1.29, 1.82) is 0 Å². The van der Waals surface area contributed by atoms with Crippen molar-refractivity contribution in [2.75, 3.05) is 18.0 Å². The first-order valence-electron chi connectivity index (χ1n) is 7.51. The Hall–Kier alpha value is -1.16. The Kier molecular flexibility index (Phi) is 3.44. The smallest absolute Gasteiger partial charge is 0.225 e. The second-order valence-corrected chi connectivity index (χ2v) is 6.24. The molecule has 0 radical (unpaired) electrons. The number of aromatic nitrogens is 2. The Labute approximate surface area is 115 Å². The lowest BCUT2D eigenvalue weighted by Gasteiger charge is -2.29. The minimum atomic E-state index is 0.427. The summed E-state index contributed by atoms with van der Waals surface area (Å²) in [5.41, 5.74) is 8.46. The number of nitrogens with zero attached hydrogens (tertiary/aromatic N) is 3. The van der Waals surface area contributed by atoms with Crippen molar-refractivity contribution in [3.8, 4) is 0 Å². The summed E-state index contributed by atoms with van der Waals surface area (Å²) in [4.78, 5) is 11.8. The van der Waals surface area contributed by atoms with E-state index in [1.807, 2.05) is 0 Å². The number of rotatable bonds is 2. The highest BCUT2D eigenvalue weighted by molar-refractivity contribution is 5.38. The van der Waals surface area contributed by atoms with Crippen molar-refractivity contribution in [2.24, 2.45) is 11.7 Å². The number of anilines is 1. The molecule has 0 amide bonds. The van der Waals surface area contributed by atoms with Gasteiger partial charge in [-0.05, 0) is 43.1 Å². The van der Waals surface area contributed by atoms with E-state index in [0.29, 0.717) is 18.5 Å². The lowest BCUT2D eigenvalue weighted by Crippen LogP contribution is -2.37. The van der Waals surface area contributed by atoms with Crippen LogP contribution in [0.4, 0.5) is 5.95 Å². The number of fused-ring (bicyclic) bond motifs is 1. The first-order valence-corrected chi connectivity index (χ1v) is 7.51. The summed E-state index contributed by atoms with van der Waals surface area (Å²) in [7, 11) is 0. The van der Waals surface area contributed by atoms with Crippen molar-refractivity contribution in [1.82, 2.24) is 9.97 Å². The summed E-state index contributed by atoms with van der Waals surface area (Å²) in [5, 5.41) is 0. The highest BCUT2D eigenvalue weighted by Gasteiger charge is 2.28. The standard InChI is InChI=1S/C15H24N4/c1-10-6-11(2)13-9-17-15(18-14(13)7-10)19-5-3-4-12(19)8-16/h9-12H,3-8,16H2,1-2H3.